The van der Waals surface area contributed by atoms with E-state index in [2.05, 4.69) is 0 Å². The third-order valence-electron chi connectivity index (χ3n) is 7.23. The van der Waals surface area contributed by atoms with Crippen LogP contribution in [0.3, 0.4) is 0 Å². The summed E-state index contributed by atoms with van der Waals surface area (Å²) in [4.78, 5) is 12.7. The highest BCUT2D eigenvalue weighted by atomic mass is 32.2. The molecule has 7 heteroatoms. The van der Waals surface area contributed by atoms with Gasteiger partial charge in [0.05, 0.1) is 28.6 Å². The van der Waals surface area contributed by atoms with Crippen LogP contribution >= 0.6 is 0 Å². The van der Waals surface area contributed by atoms with Crippen LogP contribution in [0.25, 0.3) is 22.3 Å². The van der Waals surface area contributed by atoms with Crippen LogP contribution in [0.4, 0.5) is 0 Å². The smallest absolute Gasteiger partial charge is 0.297 e. The van der Waals surface area contributed by atoms with Gasteiger partial charge in [0, 0.05) is 24.5 Å². The second-order valence-corrected chi connectivity index (χ2v) is 11.6. The second kappa shape index (κ2) is 10.8. The zero-order valence-corrected chi connectivity index (χ0v) is 22.7. The van der Waals surface area contributed by atoms with E-state index in [1.54, 1.807) is 36.4 Å². The first-order valence-electron chi connectivity index (χ1n) is 13.2. The highest BCUT2D eigenvalue weighted by Gasteiger charge is 2.35. The first-order valence-corrected chi connectivity index (χ1v) is 14.6. The Balaban J connectivity index is 1.28. The van der Waals surface area contributed by atoms with Gasteiger partial charge in [-0.1, -0.05) is 84.4 Å². The molecule has 1 aromatic heterocycles. The molecule has 3 atom stereocenters. The molecule has 0 bridgehead atoms. The van der Waals surface area contributed by atoms with Gasteiger partial charge in [-0.15, -0.1) is 0 Å². The maximum Gasteiger partial charge on any atom is 0.297 e. The Morgan fingerprint density at radius 1 is 0.750 bits per heavy atom. The van der Waals surface area contributed by atoms with Gasteiger partial charge in [0.15, 0.2) is 5.43 Å². The molecular formula is C33H28O6S. The molecule has 1 aliphatic rings. The highest BCUT2D eigenvalue weighted by Crippen LogP contribution is 2.41. The molecule has 0 amide bonds. The summed E-state index contributed by atoms with van der Waals surface area (Å²) in [6.07, 6.45) is -0.523. The van der Waals surface area contributed by atoms with Crippen molar-refractivity contribution in [3.8, 4) is 11.3 Å². The summed E-state index contributed by atoms with van der Waals surface area (Å²) in [5, 5.41) is 0.539. The molecule has 2 heterocycles. The third kappa shape index (κ3) is 5.49. The van der Waals surface area contributed by atoms with E-state index in [-0.39, 0.29) is 16.4 Å². The first-order chi connectivity index (χ1) is 19.4. The summed E-state index contributed by atoms with van der Waals surface area (Å²) in [7, 11) is -3.95. The van der Waals surface area contributed by atoms with Crippen LogP contribution in [0.2, 0.25) is 0 Å². The number of hydrogen-bond acceptors (Lipinski definition) is 6. The van der Waals surface area contributed by atoms with E-state index in [9.17, 15) is 13.2 Å². The molecule has 5 aromatic rings. The summed E-state index contributed by atoms with van der Waals surface area (Å²) in [6, 6.07) is 32.7. The van der Waals surface area contributed by atoms with Crippen molar-refractivity contribution in [1.29, 1.82) is 0 Å². The maximum atomic E-state index is 13.1. The zero-order chi connectivity index (χ0) is 27.7. The number of para-hydroxylation sites is 1. The van der Waals surface area contributed by atoms with Crippen LogP contribution < -0.4 is 5.43 Å². The fraction of sp³-hybridized carbons (Fsp3) is 0.182. The minimum atomic E-state index is -3.95. The SMILES string of the molecule is Cc1ccc(S(=O)(=O)OC2CC(c3ccccc3)OC(c3ccc(-c4cc(=O)c5ccccc5o4)cc3)C2)cc1. The van der Waals surface area contributed by atoms with Crippen molar-refractivity contribution in [1.82, 2.24) is 0 Å². The fourth-order valence-electron chi connectivity index (χ4n) is 5.11. The van der Waals surface area contributed by atoms with Crippen molar-refractivity contribution < 1.29 is 21.8 Å². The molecular weight excluding hydrogens is 524 g/mol. The van der Waals surface area contributed by atoms with E-state index < -0.39 is 22.3 Å². The van der Waals surface area contributed by atoms with Crippen LogP contribution in [-0.2, 0) is 19.0 Å². The predicted octanol–water partition coefficient (Wildman–Crippen LogP) is 7.14. The van der Waals surface area contributed by atoms with Gasteiger partial charge in [-0.2, -0.15) is 8.42 Å². The Hall–Kier alpha value is -4.04. The molecule has 1 saturated heterocycles. The van der Waals surface area contributed by atoms with E-state index in [0.29, 0.717) is 29.6 Å². The summed E-state index contributed by atoms with van der Waals surface area (Å²) in [5.41, 5.74) is 4.01. The lowest BCUT2D eigenvalue weighted by Crippen LogP contribution is -2.30. The van der Waals surface area contributed by atoms with Gasteiger partial charge in [0.1, 0.15) is 11.3 Å². The van der Waals surface area contributed by atoms with Crippen LogP contribution in [-0.4, -0.2) is 14.5 Å². The van der Waals surface area contributed by atoms with Gasteiger partial charge in [0.2, 0.25) is 0 Å². The standard InChI is InChI=1S/C33H28O6S/c1-22-11-17-27(18-12-22)40(35,36)39-26-19-31(23-7-3-2-4-8-23)38-32(20-26)24-13-15-25(16-14-24)33-21-29(34)28-9-5-6-10-30(28)37-33/h2-18,21,26,31-32H,19-20H2,1H3. The third-order valence-corrected chi connectivity index (χ3v) is 8.60. The Bertz CT molecular complexity index is 1790. The summed E-state index contributed by atoms with van der Waals surface area (Å²) >= 11 is 0. The molecule has 40 heavy (non-hydrogen) atoms. The van der Waals surface area contributed by atoms with E-state index >= 15 is 0 Å². The number of ether oxygens (including phenoxy) is 1. The highest BCUT2D eigenvalue weighted by molar-refractivity contribution is 7.86. The lowest BCUT2D eigenvalue weighted by Gasteiger charge is -2.35. The van der Waals surface area contributed by atoms with E-state index in [0.717, 1.165) is 22.3 Å². The van der Waals surface area contributed by atoms with E-state index in [1.165, 1.54) is 6.07 Å². The number of hydrogen-bond donors (Lipinski definition) is 0. The molecule has 6 nitrogen and oxygen atoms in total. The molecule has 1 fully saturated rings. The second-order valence-electron chi connectivity index (χ2n) is 10.1. The molecule has 0 saturated carbocycles. The molecule has 202 valence electrons. The van der Waals surface area contributed by atoms with Crippen molar-refractivity contribution in [2.75, 3.05) is 0 Å². The number of aryl methyl sites for hydroxylation is 1. The average molecular weight is 553 g/mol. The number of benzene rings is 4. The number of fused-ring (bicyclic) bond motifs is 1. The minimum Gasteiger partial charge on any atom is -0.456 e. The Morgan fingerprint density at radius 3 is 2.08 bits per heavy atom. The zero-order valence-electron chi connectivity index (χ0n) is 21.9. The molecule has 1 aliphatic heterocycles. The van der Waals surface area contributed by atoms with Crippen molar-refractivity contribution >= 4 is 21.1 Å². The normalized spacial score (nSPS) is 19.5. The number of rotatable bonds is 6. The molecule has 0 aliphatic carbocycles. The fourth-order valence-corrected chi connectivity index (χ4v) is 6.20. The molecule has 4 aromatic carbocycles. The van der Waals surface area contributed by atoms with Crippen LogP contribution in [0.1, 0.15) is 41.7 Å². The Morgan fingerprint density at radius 2 is 1.38 bits per heavy atom. The van der Waals surface area contributed by atoms with E-state index in [4.69, 9.17) is 13.3 Å². The van der Waals surface area contributed by atoms with Gasteiger partial charge in [-0.25, -0.2) is 0 Å². The predicted molar refractivity (Wildman–Crippen MR) is 153 cm³/mol. The summed E-state index contributed by atoms with van der Waals surface area (Å²) in [5.74, 6) is 0.479. The quantitative estimate of drug-likeness (QED) is 0.208. The lowest BCUT2D eigenvalue weighted by molar-refractivity contribution is -0.0920. The van der Waals surface area contributed by atoms with E-state index in [1.807, 2.05) is 73.7 Å². The van der Waals surface area contributed by atoms with Gasteiger partial charge >= 0.3 is 0 Å². The molecule has 0 N–H and O–H groups in total. The maximum absolute atomic E-state index is 13.1. The molecule has 0 spiro atoms. The molecule has 0 radical (unpaired) electrons. The van der Waals surface area contributed by atoms with Gasteiger partial charge < -0.3 is 9.15 Å². The van der Waals surface area contributed by atoms with Crippen molar-refractivity contribution in [3.63, 3.8) is 0 Å². The Labute approximate surface area is 232 Å². The van der Waals surface area contributed by atoms with Crippen LogP contribution in [0, 0.1) is 6.92 Å². The first kappa shape index (κ1) is 26.2. The van der Waals surface area contributed by atoms with Crippen molar-refractivity contribution in [3.05, 3.63) is 136 Å². The average Bonchev–Trinajstić information content (AvgIpc) is 2.97. The van der Waals surface area contributed by atoms with Crippen LogP contribution in [0.5, 0.6) is 0 Å². The Kier molecular flexibility index (Phi) is 7.11. The van der Waals surface area contributed by atoms with Gasteiger partial charge in [-0.05, 0) is 42.3 Å². The monoisotopic (exact) mass is 552 g/mol. The molecule has 3 unspecified atom stereocenters. The van der Waals surface area contributed by atoms with Crippen molar-refractivity contribution in [2.24, 2.45) is 0 Å². The lowest BCUT2D eigenvalue weighted by atomic mass is 9.92. The largest absolute Gasteiger partial charge is 0.456 e. The molecule has 6 rings (SSSR count). The topological polar surface area (TPSA) is 82.8 Å². The van der Waals surface area contributed by atoms with Gasteiger partial charge in [0.25, 0.3) is 10.1 Å². The van der Waals surface area contributed by atoms with Gasteiger partial charge in [-0.3, -0.25) is 8.98 Å². The summed E-state index contributed by atoms with van der Waals surface area (Å²) in [6.45, 7) is 1.91. The minimum absolute atomic E-state index is 0.1000. The summed E-state index contributed by atoms with van der Waals surface area (Å²) < 4.78 is 44.5. The van der Waals surface area contributed by atoms with Crippen LogP contribution in [0.15, 0.2) is 123 Å². The van der Waals surface area contributed by atoms with Crippen molar-refractivity contribution in [2.45, 2.75) is 43.0 Å².